The van der Waals surface area contributed by atoms with Gasteiger partial charge in [0.2, 0.25) is 0 Å². The monoisotopic (exact) mass is 311 g/mol. The highest BCUT2D eigenvalue weighted by atomic mass is 16.5. The third-order valence-electron chi connectivity index (χ3n) is 3.89. The van der Waals surface area contributed by atoms with Gasteiger partial charge in [0.05, 0.1) is 0 Å². The highest BCUT2D eigenvalue weighted by molar-refractivity contribution is 5.27. The second kappa shape index (κ2) is 8.73. The summed E-state index contributed by atoms with van der Waals surface area (Å²) in [5.74, 6) is 1.61. The molecule has 23 heavy (non-hydrogen) atoms. The van der Waals surface area contributed by atoms with E-state index in [1.54, 1.807) is 0 Å². The zero-order valence-electron chi connectivity index (χ0n) is 14.8. The van der Waals surface area contributed by atoms with Gasteiger partial charge in [-0.15, -0.1) is 0 Å². The molecule has 124 valence electrons. The minimum atomic E-state index is 0.561. The van der Waals surface area contributed by atoms with Crippen molar-refractivity contribution in [3.05, 3.63) is 65.7 Å². The summed E-state index contributed by atoms with van der Waals surface area (Å²) in [6, 6.07) is 19.3. The lowest BCUT2D eigenvalue weighted by molar-refractivity contribution is 0.189. The normalized spacial score (nSPS) is 11.4. The van der Waals surface area contributed by atoms with E-state index in [-0.39, 0.29) is 0 Å². The zero-order valence-corrected chi connectivity index (χ0v) is 14.8. The highest BCUT2D eigenvalue weighted by Gasteiger charge is 2.11. The average molecular weight is 311 g/mol. The van der Waals surface area contributed by atoms with Gasteiger partial charge >= 0.3 is 0 Å². The van der Waals surface area contributed by atoms with Crippen LogP contribution in [-0.4, -0.2) is 17.5 Å². The first-order valence-electron chi connectivity index (χ1n) is 8.54. The van der Waals surface area contributed by atoms with Crippen LogP contribution in [0.3, 0.4) is 0 Å². The van der Waals surface area contributed by atoms with Crippen LogP contribution in [-0.2, 0) is 13.2 Å². The molecule has 2 aromatic carbocycles. The van der Waals surface area contributed by atoms with Crippen LogP contribution in [0.15, 0.2) is 54.6 Å². The van der Waals surface area contributed by atoms with Gasteiger partial charge in [-0.25, -0.2) is 0 Å². The first-order valence-corrected chi connectivity index (χ1v) is 8.54. The van der Waals surface area contributed by atoms with Crippen LogP contribution in [0, 0.1) is 5.92 Å². The van der Waals surface area contributed by atoms with Crippen LogP contribution in [0.4, 0.5) is 0 Å². The average Bonchev–Trinajstić information content (AvgIpc) is 2.54. The minimum Gasteiger partial charge on any atom is -0.489 e. The van der Waals surface area contributed by atoms with Gasteiger partial charge < -0.3 is 4.74 Å². The van der Waals surface area contributed by atoms with Gasteiger partial charge in [0.25, 0.3) is 0 Å². The highest BCUT2D eigenvalue weighted by Crippen LogP contribution is 2.17. The van der Waals surface area contributed by atoms with Crippen molar-refractivity contribution in [2.24, 2.45) is 5.92 Å². The van der Waals surface area contributed by atoms with Crippen LogP contribution in [0.1, 0.15) is 38.8 Å². The fraction of sp³-hybridized carbons (Fsp3) is 0.429. The van der Waals surface area contributed by atoms with Gasteiger partial charge in [-0.3, -0.25) is 4.90 Å². The summed E-state index contributed by atoms with van der Waals surface area (Å²) < 4.78 is 5.85. The summed E-state index contributed by atoms with van der Waals surface area (Å²) in [7, 11) is 0. The fourth-order valence-corrected chi connectivity index (χ4v) is 2.59. The Hall–Kier alpha value is -1.80. The van der Waals surface area contributed by atoms with Crippen molar-refractivity contribution in [3.63, 3.8) is 0 Å². The predicted octanol–water partition coefficient (Wildman–Crippen LogP) is 5.13. The van der Waals surface area contributed by atoms with Gasteiger partial charge in [-0.2, -0.15) is 0 Å². The molecule has 2 rings (SSSR count). The molecule has 0 unspecified atom stereocenters. The molecule has 0 amide bonds. The summed E-state index contributed by atoms with van der Waals surface area (Å²) >= 11 is 0. The van der Waals surface area contributed by atoms with E-state index in [0.29, 0.717) is 18.6 Å². The molecule has 0 bridgehead atoms. The Bertz CT molecular complexity index is 560. The molecule has 0 spiro atoms. The molecule has 2 nitrogen and oxygen atoms in total. The van der Waals surface area contributed by atoms with Crippen molar-refractivity contribution in [1.82, 2.24) is 4.90 Å². The Morgan fingerprint density at radius 3 is 2.04 bits per heavy atom. The largest absolute Gasteiger partial charge is 0.489 e. The Labute approximate surface area is 141 Å². The molecule has 0 saturated heterocycles. The van der Waals surface area contributed by atoms with Crippen molar-refractivity contribution in [3.8, 4) is 5.75 Å². The van der Waals surface area contributed by atoms with E-state index in [9.17, 15) is 0 Å². The van der Waals surface area contributed by atoms with Crippen molar-refractivity contribution in [2.75, 3.05) is 6.54 Å². The van der Waals surface area contributed by atoms with Gasteiger partial charge in [0, 0.05) is 19.1 Å². The molecule has 0 fully saturated rings. The minimum absolute atomic E-state index is 0.561. The van der Waals surface area contributed by atoms with Gasteiger partial charge in [-0.1, -0.05) is 56.3 Å². The number of nitrogens with zero attached hydrogens (tertiary/aromatic N) is 1. The van der Waals surface area contributed by atoms with Crippen molar-refractivity contribution in [1.29, 1.82) is 0 Å². The van der Waals surface area contributed by atoms with Crippen molar-refractivity contribution in [2.45, 2.75) is 46.9 Å². The van der Waals surface area contributed by atoms with Crippen molar-refractivity contribution < 1.29 is 4.74 Å². The molecule has 2 aromatic rings. The molecule has 0 aliphatic carbocycles. The SMILES string of the molecule is CC(C)CN(Cc1ccc(OCc2ccccc2)cc1)C(C)C. The number of hydrogen-bond donors (Lipinski definition) is 0. The molecule has 0 atom stereocenters. The van der Waals surface area contributed by atoms with E-state index in [0.717, 1.165) is 18.8 Å². The maximum Gasteiger partial charge on any atom is 0.119 e. The Balaban J connectivity index is 1.90. The predicted molar refractivity (Wildman–Crippen MR) is 97.6 cm³/mol. The molecule has 0 aromatic heterocycles. The Morgan fingerprint density at radius 2 is 1.48 bits per heavy atom. The molecule has 0 radical (unpaired) electrons. The molecule has 0 aliphatic rings. The summed E-state index contributed by atoms with van der Waals surface area (Å²) in [6.45, 7) is 11.8. The number of benzene rings is 2. The van der Waals surface area contributed by atoms with E-state index in [4.69, 9.17) is 4.74 Å². The number of rotatable bonds is 8. The maximum atomic E-state index is 5.85. The molecular weight excluding hydrogens is 282 g/mol. The maximum absolute atomic E-state index is 5.85. The summed E-state index contributed by atoms with van der Waals surface area (Å²) in [4.78, 5) is 2.52. The quantitative estimate of drug-likeness (QED) is 0.670. The van der Waals surface area contributed by atoms with Crippen LogP contribution in [0.2, 0.25) is 0 Å². The molecule has 0 saturated carbocycles. The van der Waals surface area contributed by atoms with Crippen molar-refractivity contribution >= 4 is 0 Å². The molecule has 0 N–H and O–H groups in total. The van der Waals surface area contributed by atoms with Gasteiger partial charge in [0.15, 0.2) is 0 Å². The van der Waals surface area contributed by atoms with E-state index < -0.39 is 0 Å². The fourth-order valence-electron chi connectivity index (χ4n) is 2.59. The van der Waals surface area contributed by atoms with E-state index in [1.165, 1.54) is 11.1 Å². The molecule has 2 heteroatoms. The number of hydrogen-bond acceptors (Lipinski definition) is 2. The molecular formula is C21H29NO. The van der Waals surface area contributed by atoms with Gasteiger partial charge in [-0.05, 0) is 43.0 Å². The lowest BCUT2D eigenvalue weighted by Crippen LogP contribution is -2.33. The third-order valence-corrected chi connectivity index (χ3v) is 3.89. The second-order valence-corrected chi connectivity index (χ2v) is 6.84. The smallest absolute Gasteiger partial charge is 0.119 e. The molecule has 0 heterocycles. The topological polar surface area (TPSA) is 12.5 Å². The van der Waals surface area contributed by atoms with E-state index in [2.05, 4.69) is 69.0 Å². The van der Waals surface area contributed by atoms with Gasteiger partial charge in [0.1, 0.15) is 12.4 Å². The molecule has 0 aliphatic heterocycles. The standard InChI is InChI=1S/C21H29NO/c1-17(2)14-22(18(3)4)15-19-10-12-21(13-11-19)23-16-20-8-6-5-7-9-20/h5-13,17-18H,14-16H2,1-4H3. The van der Waals surface area contributed by atoms with Crippen LogP contribution in [0.25, 0.3) is 0 Å². The van der Waals surface area contributed by atoms with Crippen LogP contribution >= 0.6 is 0 Å². The summed E-state index contributed by atoms with van der Waals surface area (Å²) in [6.07, 6.45) is 0. The first-order chi connectivity index (χ1) is 11.0. The second-order valence-electron chi connectivity index (χ2n) is 6.84. The summed E-state index contributed by atoms with van der Waals surface area (Å²) in [5, 5.41) is 0. The van der Waals surface area contributed by atoms with Crippen LogP contribution in [0.5, 0.6) is 5.75 Å². The lowest BCUT2D eigenvalue weighted by atomic mass is 10.1. The van der Waals surface area contributed by atoms with Crippen LogP contribution < -0.4 is 4.74 Å². The Kier molecular flexibility index (Phi) is 6.66. The van der Waals surface area contributed by atoms with E-state index in [1.807, 2.05) is 18.2 Å². The lowest BCUT2D eigenvalue weighted by Gasteiger charge is -2.28. The first kappa shape index (κ1) is 17.6. The third kappa shape index (κ3) is 6.07. The zero-order chi connectivity index (χ0) is 16.7. The van der Waals surface area contributed by atoms with E-state index >= 15 is 0 Å². The Morgan fingerprint density at radius 1 is 0.826 bits per heavy atom. The number of ether oxygens (including phenoxy) is 1. The summed E-state index contributed by atoms with van der Waals surface area (Å²) in [5.41, 5.74) is 2.53.